The Hall–Kier alpha value is -4.86. The van der Waals surface area contributed by atoms with Crippen molar-refractivity contribution in [1.29, 1.82) is 5.26 Å². The summed E-state index contributed by atoms with van der Waals surface area (Å²) in [4.78, 5) is 12.9. The fraction of sp³-hybridized carbons (Fsp3) is 0.111. The highest BCUT2D eigenvalue weighted by Crippen LogP contribution is 2.30. The first-order valence-corrected chi connectivity index (χ1v) is 14.3. The van der Waals surface area contributed by atoms with Crippen molar-refractivity contribution < 1.29 is 14.3 Å². The molecule has 0 fully saturated rings. The van der Waals surface area contributed by atoms with Gasteiger partial charge in [-0.3, -0.25) is 4.79 Å². The van der Waals surface area contributed by atoms with Crippen LogP contribution in [-0.2, 0) is 18.0 Å². The molecule has 6 heteroatoms. The van der Waals surface area contributed by atoms with Crippen molar-refractivity contribution in [2.75, 3.05) is 5.32 Å². The Balaban J connectivity index is 1.21. The number of anilines is 1. The number of nitriles is 1. The Morgan fingerprint density at radius 3 is 2.38 bits per heavy atom. The predicted molar refractivity (Wildman–Crippen MR) is 171 cm³/mol. The molecular formula is C36H29BrN2O3. The summed E-state index contributed by atoms with van der Waals surface area (Å²) in [5.41, 5.74) is 5.83. The van der Waals surface area contributed by atoms with Crippen molar-refractivity contribution in [3.63, 3.8) is 0 Å². The molecule has 0 aliphatic rings. The molecular weight excluding hydrogens is 588 g/mol. The zero-order valence-electron chi connectivity index (χ0n) is 23.4. The average Bonchev–Trinajstić information content (AvgIpc) is 3.00. The van der Waals surface area contributed by atoms with Crippen molar-refractivity contribution in [2.24, 2.45) is 0 Å². The molecule has 1 N–H and O–H groups in total. The van der Waals surface area contributed by atoms with Gasteiger partial charge in [0.2, 0.25) is 0 Å². The van der Waals surface area contributed by atoms with Crippen LogP contribution in [0.2, 0.25) is 0 Å². The molecule has 5 aromatic carbocycles. The van der Waals surface area contributed by atoms with E-state index in [-0.39, 0.29) is 5.57 Å². The van der Waals surface area contributed by atoms with Crippen LogP contribution in [0, 0.1) is 25.2 Å². The molecule has 42 heavy (non-hydrogen) atoms. The Morgan fingerprint density at radius 1 is 0.881 bits per heavy atom. The highest BCUT2D eigenvalue weighted by Gasteiger charge is 2.12. The van der Waals surface area contributed by atoms with Gasteiger partial charge >= 0.3 is 0 Å². The van der Waals surface area contributed by atoms with Gasteiger partial charge < -0.3 is 14.8 Å². The number of nitrogens with one attached hydrogen (secondary N) is 1. The zero-order chi connectivity index (χ0) is 29.5. The fourth-order valence-electron chi connectivity index (χ4n) is 4.51. The largest absolute Gasteiger partial charge is 0.489 e. The van der Waals surface area contributed by atoms with Gasteiger partial charge in [-0.25, -0.2) is 0 Å². The van der Waals surface area contributed by atoms with Crippen LogP contribution >= 0.6 is 15.9 Å². The molecule has 5 rings (SSSR count). The number of rotatable bonds is 9. The first-order chi connectivity index (χ1) is 20.4. The van der Waals surface area contributed by atoms with E-state index in [1.165, 1.54) is 21.9 Å². The second-order valence-electron chi connectivity index (χ2n) is 9.98. The van der Waals surface area contributed by atoms with E-state index in [9.17, 15) is 10.1 Å². The van der Waals surface area contributed by atoms with Gasteiger partial charge in [-0.15, -0.1) is 0 Å². The van der Waals surface area contributed by atoms with Crippen molar-refractivity contribution in [1.82, 2.24) is 0 Å². The second kappa shape index (κ2) is 13.2. The molecule has 5 aromatic rings. The van der Waals surface area contributed by atoms with Crippen LogP contribution in [0.3, 0.4) is 0 Å². The lowest BCUT2D eigenvalue weighted by Crippen LogP contribution is -2.13. The summed E-state index contributed by atoms with van der Waals surface area (Å²) in [5.74, 6) is 0.869. The molecule has 0 saturated carbocycles. The van der Waals surface area contributed by atoms with E-state index < -0.39 is 5.91 Å². The Morgan fingerprint density at radius 2 is 1.64 bits per heavy atom. The van der Waals surface area contributed by atoms with Crippen molar-refractivity contribution >= 4 is 44.4 Å². The predicted octanol–water partition coefficient (Wildman–Crippen LogP) is 8.92. The number of fused-ring (bicyclic) bond motifs is 1. The first-order valence-electron chi connectivity index (χ1n) is 13.5. The molecule has 0 spiro atoms. The summed E-state index contributed by atoms with van der Waals surface area (Å²) in [7, 11) is 0. The fourth-order valence-corrected chi connectivity index (χ4v) is 5.02. The number of ether oxygens (including phenoxy) is 2. The zero-order valence-corrected chi connectivity index (χ0v) is 24.9. The van der Waals surface area contributed by atoms with E-state index in [0.717, 1.165) is 15.6 Å². The minimum Gasteiger partial charge on any atom is -0.489 e. The molecule has 0 atom stereocenters. The Labute approximate surface area is 254 Å². The summed E-state index contributed by atoms with van der Waals surface area (Å²) in [6.45, 7) is 5.00. The van der Waals surface area contributed by atoms with E-state index in [0.29, 0.717) is 36.0 Å². The second-order valence-corrected chi connectivity index (χ2v) is 10.8. The maximum atomic E-state index is 12.9. The summed E-state index contributed by atoms with van der Waals surface area (Å²) in [5, 5.41) is 14.8. The van der Waals surface area contributed by atoms with Crippen molar-refractivity contribution in [3.8, 4) is 17.6 Å². The quantitative estimate of drug-likeness (QED) is 0.132. The lowest BCUT2D eigenvalue weighted by atomic mass is 10.0. The number of amides is 1. The van der Waals surface area contributed by atoms with Gasteiger partial charge in [-0.1, -0.05) is 72.3 Å². The maximum Gasteiger partial charge on any atom is 0.266 e. The third-order valence-corrected chi connectivity index (χ3v) is 7.54. The van der Waals surface area contributed by atoms with Gasteiger partial charge in [0.25, 0.3) is 5.91 Å². The van der Waals surface area contributed by atoms with Crippen LogP contribution in [0.5, 0.6) is 11.5 Å². The van der Waals surface area contributed by atoms with Gasteiger partial charge in [-0.05, 0) is 99.7 Å². The van der Waals surface area contributed by atoms with Gasteiger partial charge in [0, 0.05) is 11.3 Å². The molecule has 0 radical (unpaired) electrons. The molecule has 0 heterocycles. The van der Waals surface area contributed by atoms with E-state index in [1.807, 2.05) is 67.6 Å². The van der Waals surface area contributed by atoms with E-state index >= 15 is 0 Å². The molecule has 208 valence electrons. The highest BCUT2D eigenvalue weighted by molar-refractivity contribution is 9.10. The normalized spacial score (nSPS) is 11.1. The van der Waals surface area contributed by atoms with Gasteiger partial charge in [0.15, 0.2) is 0 Å². The number of carbonyl (C=O) groups is 1. The number of aryl methyl sites for hydroxylation is 2. The third kappa shape index (κ3) is 7.06. The third-order valence-electron chi connectivity index (χ3n) is 6.92. The molecule has 0 aliphatic heterocycles. The van der Waals surface area contributed by atoms with E-state index in [1.54, 1.807) is 30.3 Å². The number of hydrogen-bond acceptors (Lipinski definition) is 4. The van der Waals surface area contributed by atoms with Gasteiger partial charge in [0.05, 0.1) is 4.47 Å². The van der Waals surface area contributed by atoms with Gasteiger partial charge in [-0.2, -0.15) is 5.26 Å². The minimum atomic E-state index is -0.492. The Kier molecular flexibility index (Phi) is 9.01. The number of nitrogens with zero attached hydrogens (tertiary/aromatic N) is 1. The number of hydrogen-bond donors (Lipinski definition) is 1. The molecule has 0 aromatic heterocycles. The average molecular weight is 618 g/mol. The molecule has 0 bridgehead atoms. The number of halogens is 1. The number of benzene rings is 5. The van der Waals surface area contributed by atoms with Crippen LogP contribution in [-0.4, -0.2) is 5.91 Å². The minimum absolute atomic E-state index is 0.0124. The molecule has 0 saturated heterocycles. The number of carbonyl (C=O) groups excluding carboxylic acids is 1. The van der Waals surface area contributed by atoms with Crippen molar-refractivity contribution in [3.05, 3.63) is 141 Å². The van der Waals surface area contributed by atoms with E-state index in [4.69, 9.17) is 9.47 Å². The van der Waals surface area contributed by atoms with E-state index in [2.05, 4.69) is 52.4 Å². The summed E-state index contributed by atoms with van der Waals surface area (Å²) in [6.07, 6.45) is 1.55. The summed E-state index contributed by atoms with van der Waals surface area (Å²) >= 11 is 3.58. The monoisotopic (exact) mass is 616 g/mol. The van der Waals surface area contributed by atoms with Gasteiger partial charge in [0.1, 0.15) is 36.4 Å². The highest BCUT2D eigenvalue weighted by atomic mass is 79.9. The SMILES string of the molecule is Cc1ccc(COc2ccc(NC(=O)/C(C#N)=C/c3ccc(OCc4c(C)ccc5ccccc45)c(Br)c3)cc2)cc1. The standard InChI is InChI=1S/C36H29BrN2O3/c1-24-7-10-26(11-8-24)22-41-31-16-14-30(15-17-31)39-36(40)29(21-38)19-27-12-18-35(34(37)20-27)42-23-33-25(2)9-13-28-5-3-4-6-32(28)33/h3-20H,22-23H2,1-2H3,(H,39,40)/b29-19+. The lowest BCUT2D eigenvalue weighted by Gasteiger charge is -2.13. The van der Waals surface area contributed by atoms with Crippen LogP contribution < -0.4 is 14.8 Å². The summed E-state index contributed by atoms with van der Waals surface area (Å²) in [6, 6.07) is 35.2. The summed E-state index contributed by atoms with van der Waals surface area (Å²) < 4.78 is 12.7. The molecule has 1 amide bonds. The van der Waals surface area contributed by atoms with Crippen LogP contribution in [0.4, 0.5) is 5.69 Å². The smallest absolute Gasteiger partial charge is 0.266 e. The van der Waals surface area contributed by atoms with Crippen LogP contribution in [0.1, 0.15) is 27.8 Å². The van der Waals surface area contributed by atoms with Crippen LogP contribution in [0.15, 0.2) is 113 Å². The first kappa shape index (κ1) is 28.7. The topological polar surface area (TPSA) is 71.3 Å². The van der Waals surface area contributed by atoms with Crippen LogP contribution in [0.25, 0.3) is 16.8 Å². The lowest BCUT2D eigenvalue weighted by molar-refractivity contribution is -0.112. The molecule has 5 nitrogen and oxygen atoms in total. The Bertz CT molecular complexity index is 1800. The maximum absolute atomic E-state index is 12.9. The van der Waals surface area contributed by atoms with Crippen molar-refractivity contribution in [2.45, 2.75) is 27.1 Å². The molecule has 0 unspecified atom stereocenters. The molecule has 0 aliphatic carbocycles.